The van der Waals surface area contributed by atoms with E-state index in [-0.39, 0.29) is 18.0 Å². The molecule has 0 N–H and O–H groups in total. The van der Waals surface area contributed by atoms with Crippen LogP contribution in [0.2, 0.25) is 0 Å². The molecule has 0 spiro atoms. The van der Waals surface area contributed by atoms with Crippen LogP contribution in [0.5, 0.6) is 0 Å². The molecule has 0 aromatic rings. The smallest absolute Gasteiger partial charge is 0.333 e. The summed E-state index contributed by atoms with van der Waals surface area (Å²) in [6.07, 6.45) is 4.82. The van der Waals surface area contributed by atoms with Gasteiger partial charge in [0.05, 0.1) is 0 Å². The van der Waals surface area contributed by atoms with E-state index < -0.39 is 5.60 Å². The highest BCUT2D eigenvalue weighted by Crippen LogP contribution is 2.58. The highest BCUT2D eigenvalue weighted by atomic mass is 16.6. The zero-order chi connectivity index (χ0) is 14.5. The second-order valence-corrected chi connectivity index (χ2v) is 6.87. The number of hydrogen-bond acceptors (Lipinski definition) is 4. The van der Waals surface area contributed by atoms with E-state index in [0.29, 0.717) is 23.3 Å². The van der Waals surface area contributed by atoms with Gasteiger partial charge in [-0.1, -0.05) is 6.58 Å². The molecule has 0 heterocycles. The van der Waals surface area contributed by atoms with Gasteiger partial charge in [-0.05, 0) is 50.9 Å². The van der Waals surface area contributed by atoms with Crippen LogP contribution >= 0.6 is 0 Å². The lowest BCUT2D eigenvalue weighted by atomic mass is 9.52. The molecule has 0 saturated heterocycles. The molecule has 0 aromatic heterocycles. The third-order valence-corrected chi connectivity index (χ3v) is 5.09. The third kappa shape index (κ3) is 2.15. The van der Waals surface area contributed by atoms with Crippen LogP contribution in [0.25, 0.3) is 0 Å². The van der Waals surface area contributed by atoms with Crippen LogP contribution in [0.1, 0.15) is 46.0 Å². The highest BCUT2D eigenvalue weighted by molar-refractivity contribution is 5.87. The molecule has 0 radical (unpaired) electrons. The van der Waals surface area contributed by atoms with Crippen molar-refractivity contribution in [2.24, 2.45) is 17.8 Å². The van der Waals surface area contributed by atoms with E-state index >= 15 is 0 Å². The van der Waals surface area contributed by atoms with E-state index in [0.717, 1.165) is 25.7 Å². The largest absolute Gasteiger partial charge is 0.458 e. The summed E-state index contributed by atoms with van der Waals surface area (Å²) in [5, 5.41) is 0. The van der Waals surface area contributed by atoms with Crippen molar-refractivity contribution in [3.8, 4) is 0 Å². The molecule has 4 saturated carbocycles. The van der Waals surface area contributed by atoms with Crippen molar-refractivity contribution in [3.63, 3.8) is 0 Å². The van der Waals surface area contributed by atoms with E-state index in [1.165, 1.54) is 13.3 Å². The summed E-state index contributed by atoms with van der Waals surface area (Å²) in [6.45, 7) is 6.74. The summed E-state index contributed by atoms with van der Waals surface area (Å²) in [4.78, 5) is 23.4. The van der Waals surface area contributed by atoms with Crippen molar-refractivity contribution in [3.05, 3.63) is 12.2 Å². The van der Waals surface area contributed by atoms with Gasteiger partial charge in [0.1, 0.15) is 11.7 Å². The fourth-order valence-electron chi connectivity index (χ4n) is 4.71. The van der Waals surface area contributed by atoms with Crippen LogP contribution in [-0.4, -0.2) is 23.6 Å². The standard InChI is InChI=1S/C16H22O4/c1-9(2)15(18)20-16-7-11-4-12(8-16)6-13(5-11)14(16)19-10(3)17/h11-14H,1,4-8H2,2-3H3. The van der Waals surface area contributed by atoms with Crippen molar-refractivity contribution in [2.75, 3.05) is 0 Å². The Morgan fingerprint density at radius 1 is 1.10 bits per heavy atom. The number of esters is 2. The molecule has 4 fully saturated rings. The maximum atomic E-state index is 12.0. The molecule has 4 rings (SSSR count). The summed E-state index contributed by atoms with van der Waals surface area (Å²) in [7, 11) is 0. The fourth-order valence-corrected chi connectivity index (χ4v) is 4.71. The third-order valence-electron chi connectivity index (χ3n) is 5.09. The molecule has 3 atom stereocenters. The molecule has 4 aliphatic rings. The SMILES string of the molecule is C=C(C)C(=O)OC12CC3CC(CC(C3)C1OC(C)=O)C2. The van der Waals surface area contributed by atoms with E-state index in [1.54, 1.807) is 6.92 Å². The van der Waals surface area contributed by atoms with Crippen molar-refractivity contribution in [2.45, 2.75) is 57.7 Å². The van der Waals surface area contributed by atoms with Gasteiger partial charge >= 0.3 is 11.9 Å². The normalized spacial score (nSPS) is 41.3. The molecule has 0 aliphatic heterocycles. The Kier molecular flexibility index (Phi) is 3.14. The molecule has 4 aliphatic carbocycles. The van der Waals surface area contributed by atoms with Crippen molar-refractivity contribution < 1.29 is 19.1 Å². The predicted octanol–water partition coefficient (Wildman–Crippen LogP) is 2.62. The maximum absolute atomic E-state index is 12.0. The first-order chi connectivity index (χ1) is 9.39. The lowest BCUT2D eigenvalue weighted by Gasteiger charge is -2.59. The molecule has 4 bridgehead atoms. The van der Waals surface area contributed by atoms with Gasteiger partial charge in [-0.3, -0.25) is 4.79 Å². The molecule has 3 unspecified atom stereocenters. The lowest BCUT2D eigenvalue weighted by Crippen LogP contribution is -2.63. The molecular formula is C16H22O4. The topological polar surface area (TPSA) is 52.6 Å². The van der Waals surface area contributed by atoms with Gasteiger partial charge in [-0.2, -0.15) is 0 Å². The number of carbonyl (C=O) groups excluding carboxylic acids is 2. The Labute approximate surface area is 119 Å². The zero-order valence-corrected chi connectivity index (χ0v) is 12.2. The molecule has 110 valence electrons. The Bertz CT molecular complexity index is 453. The van der Waals surface area contributed by atoms with E-state index in [2.05, 4.69) is 6.58 Å². The van der Waals surface area contributed by atoms with E-state index in [4.69, 9.17) is 9.47 Å². The van der Waals surface area contributed by atoms with E-state index in [9.17, 15) is 9.59 Å². The van der Waals surface area contributed by atoms with Crippen molar-refractivity contribution in [1.82, 2.24) is 0 Å². The van der Waals surface area contributed by atoms with Gasteiger partial charge < -0.3 is 9.47 Å². The van der Waals surface area contributed by atoms with Gasteiger partial charge in [-0.25, -0.2) is 4.79 Å². The minimum Gasteiger partial charge on any atom is -0.458 e. The molecular weight excluding hydrogens is 256 g/mol. The molecule has 4 heteroatoms. The van der Waals surface area contributed by atoms with Gasteiger partial charge in [0, 0.05) is 18.4 Å². The fraction of sp³-hybridized carbons (Fsp3) is 0.750. The maximum Gasteiger partial charge on any atom is 0.333 e. The summed E-state index contributed by atoms with van der Waals surface area (Å²) in [6, 6.07) is 0. The van der Waals surface area contributed by atoms with Crippen LogP contribution < -0.4 is 0 Å². The summed E-state index contributed by atoms with van der Waals surface area (Å²) >= 11 is 0. The van der Waals surface area contributed by atoms with Gasteiger partial charge in [0.2, 0.25) is 0 Å². The first-order valence-electron chi connectivity index (χ1n) is 7.45. The van der Waals surface area contributed by atoms with Gasteiger partial charge in [-0.15, -0.1) is 0 Å². The van der Waals surface area contributed by atoms with Gasteiger partial charge in [0.25, 0.3) is 0 Å². The number of hydrogen-bond donors (Lipinski definition) is 0. The van der Waals surface area contributed by atoms with Crippen LogP contribution in [0.15, 0.2) is 12.2 Å². The van der Waals surface area contributed by atoms with Crippen molar-refractivity contribution >= 4 is 11.9 Å². The quantitative estimate of drug-likeness (QED) is 0.588. The zero-order valence-electron chi connectivity index (χ0n) is 12.2. The van der Waals surface area contributed by atoms with Crippen LogP contribution in [0, 0.1) is 17.8 Å². The average Bonchev–Trinajstić information content (AvgIpc) is 2.32. The van der Waals surface area contributed by atoms with Crippen molar-refractivity contribution in [1.29, 1.82) is 0 Å². The van der Waals surface area contributed by atoms with Gasteiger partial charge in [0.15, 0.2) is 0 Å². The number of rotatable bonds is 3. The molecule has 20 heavy (non-hydrogen) atoms. The second-order valence-electron chi connectivity index (χ2n) is 6.87. The minimum absolute atomic E-state index is 0.268. The van der Waals surface area contributed by atoms with Crippen LogP contribution in [0.4, 0.5) is 0 Å². The summed E-state index contributed by atoms with van der Waals surface area (Å²) in [5.74, 6) is 0.926. The van der Waals surface area contributed by atoms with E-state index in [1.807, 2.05) is 0 Å². The molecule has 0 aromatic carbocycles. The number of ether oxygens (including phenoxy) is 2. The summed E-state index contributed by atoms with van der Waals surface area (Å²) in [5.41, 5.74) is -0.196. The second kappa shape index (κ2) is 4.61. The Balaban J connectivity index is 1.89. The Morgan fingerprint density at radius 2 is 1.70 bits per heavy atom. The Morgan fingerprint density at radius 3 is 2.20 bits per heavy atom. The average molecular weight is 278 g/mol. The van der Waals surface area contributed by atoms with Crippen LogP contribution in [-0.2, 0) is 19.1 Å². The highest BCUT2D eigenvalue weighted by Gasteiger charge is 2.61. The first-order valence-corrected chi connectivity index (χ1v) is 7.45. The van der Waals surface area contributed by atoms with Crippen LogP contribution in [0.3, 0.4) is 0 Å². The predicted molar refractivity (Wildman–Crippen MR) is 72.7 cm³/mol. The lowest BCUT2D eigenvalue weighted by molar-refractivity contribution is -0.235. The number of carbonyl (C=O) groups is 2. The molecule has 4 nitrogen and oxygen atoms in total. The summed E-state index contributed by atoms with van der Waals surface area (Å²) < 4.78 is 11.4. The first kappa shape index (κ1) is 13.7. The Hall–Kier alpha value is -1.32. The minimum atomic E-state index is -0.601. The monoisotopic (exact) mass is 278 g/mol. The molecule has 0 amide bonds.